The zero-order valence-electron chi connectivity index (χ0n) is 7.28. The number of benzene rings is 2. The zero-order chi connectivity index (χ0) is 9.54. The van der Waals surface area contributed by atoms with E-state index in [1.807, 2.05) is 24.3 Å². The second kappa shape index (κ2) is 2.69. The van der Waals surface area contributed by atoms with Gasteiger partial charge in [-0.15, -0.1) is 0 Å². The molecule has 1 N–H and O–H groups in total. The molecule has 0 aliphatic heterocycles. The molecule has 0 unspecified atom stereocenters. The summed E-state index contributed by atoms with van der Waals surface area (Å²) in [6.45, 7) is 0. The van der Waals surface area contributed by atoms with Crippen LogP contribution >= 0.6 is 12.2 Å². The maximum atomic E-state index is 5.34. The summed E-state index contributed by atoms with van der Waals surface area (Å²) in [5.41, 5.74) is 1.79. The summed E-state index contributed by atoms with van der Waals surface area (Å²) < 4.78 is 5.34. The topological polar surface area (TPSA) is 28.9 Å². The Morgan fingerprint density at radius 2 is 1.93 bits per heavy atom. The minimum Gasteiger partial charge on any atom is -0.429 e. The molecule has 0 bridgehead atoms. The van der Waals surface area contributed by atoms with Gasteiger partial charge in [0, 0.05) is 5.39 Å². The average molecular weight is 201 g/mol. The molecule has 0 fully saturated rings. The molecule has 0 saturated heterocycles. The van der Waals surface area contributed by atoms with Crippen LogP contribution in [0.4, 0.5) is 0 Å². The molecule has 2 aromatic carbocycles. The SMILES string of the molecule is S=c1[nH]c2c(ccc3ccccc32)o1. The largest absolute Gasteiger partial charge is 0.429 e. The summed E-state index contributed by atoms with van der Waals surface area (Å²) in [5, 5.41) is 2.33. The van der Waals surface area contributed by atoms with Gasteiger partial charge in [0.2, 0.25) is 0 Å². The smallest absolute Gasteiger partial charge is 0.266 e. The highest BCUT2D eigenvalue weighted by Gasteiger charge is 2.02. The van der Waals surface area contributed by atoms with Crippen LogP contribution in [0.1, 0.15) is 0 Å². The lowest BCUT2D eigenvalue weighted by molar-refractivity contribution is 0.583. The van der Waals surface area contributed by atoms with E-state index in [0.29, 0.717) is 4.84 Å². The molecule has 2 nitrogen and oxygen atoms in total. The van der Waals surface area contributed by atoms with Crippen molar-refractivity contribution in [2.45, 2.75) is 0 Å². The fourth-order valence-corrected chi connectivity index (χ4v) is 1.88. The summed E-state index contributed by atoms with van der Waals surface area (Å²) in [7, 11) is 0. The maximum absolute atomic E-state index is 5.34. The molecule has 3 aromatic rings. The Labute approximate surface area is 85.2 Å². The Morgan fingerprint density at radius 1 is 1.07 bits per heavy atom. The summed E-state index contributed by atoms with van der Waals surface area (Å²) in [6, 6.07) is 12.1. The van der Waals surface area contributed by atoms with Gasteiger partial charge in [0.15, 0.2) is 5.58 Å². The van der Waals surface area contributed by atoms with Crippen LogP contribution < -0.4 is 0 Å². The van der Waals surface area contributed by atoms with Gasteiger partial charge in [-0.05, 0) is 23.7 Å². The van der Waals surface area contributed by atoms with Crippen molar-refractivity contribution in [3.63, 3.8) is 0 Å². The molecule has 0 amide bonds. The van der Waals surface area contributed by atoms with Crippen LogP contribution in [0, 0.1) is 4.84 Å². The first-order chi connectivity index (χ1) is 6.84. The van der Waals surface area contributed by atoms with Gasteiger partial charge in [-0.2, -0.15) is 0 Å². The van der Waals surface area contributed by atoms with Crippen molar-refractivity contribution in [1.29, 1.82) is 0 Å². The molecule has 0 aliphatic carbocycles. The van der Waals surface area contributed by atoms with Gasteiger partial charge >= 0.3 is 0 Å². The Hall–Kier alpha value is -1.61. The van der Waals surface area contributed by atoms with Gasteiger partial charge < -0.3 is 9.40 Å². The Bertz CT molecular complexity index is 665. The Kier molecular flexibility index (Phi) is 1.49. The second-order valence-corrected chi connectivity index (χ2v) is 3.55. The van der Waals surface area contributed by atoms with Crippen molar-refractivity contribution in [1.82, 2.24) is 4.98 Å². The molecule has 3 heteroatoms. The molecule has 1 heterocycles. The van der Waals surface area contributed by atoms with Crippen molar-refractivity contribution in [2.24, 2.45) is 0 Å². The van der Waals surface area contributed by atoms with E-state index >= 15 is 0 Å². The molecule has 0 saturated carbocycles. The highest BCUT2D eigenvalue weighted by molar-refractivity contribution is 7.71. The normalized spacial score (nSPS) is 11.1. The predicted molar refractivity (Wildman–Crippen MR) is 58.9 cm³/mol. The molecular weight excluding hydrogens is 194 g/mol. The first-order valence-corrected chi connectivity index (χ1v) is 4.76. The van der Waals surface area contributed by atoms with Crippen molar-refractivity contribution in [2.75, 3.05) is 0 Å². The first kappa shape index (κ1) is 7.76. The minimum atomic E-state index is 0.427. The third-order valence-electron chi connectivity index (χ3n) is 2.32. The third kappa shape index (κ3) is 0.992. The van der Waals surface area contributed by atoms with E-state index in [9.17, 15) is 0 Å². The van der Waals surface area contributed by atoms with E-state index in [-0.39, 0.29) is 0 Å². The van der Waals surface area contributed by atoms with Gasteiger partial charge in [-0.3, -0.25) is 0 Å². The van der Waals surface area contributed by atoms with Crippen molar-refractivity contribution >= 4 is 34.1 Å². The molecule has 14 heavy (non-hydrogen) atoms. The van der Waals surface area contributed by atoms with Gasteiger partial charge in [0.05, 0.1) is 5.52 Å². The molecular formula is C11H7NOS. The third-order valence-corrected chi connectivity index (χ3v) is 2.51. The lowest BCUT2D eigenvalue weighted by Gasteiger charge is -1.96. The molecule has 0 radical (unpaired) electrons. The van der Waals surface area contributed by atoms with Crippen LogP contribution in [0.3, 0.4) is 0 Å². The van der Waals surface area contributed by atoms with Gasteiger partial charge in [0.1, 0.15) is 0 Å². The number of nitrogens with one attached hydrogen (secondary N) is 1. The Morgan fingerprint density at radius 3 is 2.86 bits per heavy atom. The van der Waals surface area contributed by atoms with Crippen LogP contribution in [-0.4, -0.2) is 4.98 Å². The number of hydrogen-bond donors (Lipinski definition) is 1. The highest BCUT2D eigenvalue weighted by Crippen LogP contribution is 2.23. The standard InChI is InChI=1S/C11H7NOS/c14-11-12-10-8-4-2-1-3-7(8)5-6-9(10)13-11/h1-6H,(H,12,14). The summed E-state index contributed by atoms with van der Waals surface area (Å²) in [6.07, 6.45) is 0. The molecule has 0 spiro atoms. The fourth-order valence-electron chi connectivity index (χ4n) is 1.69. The molecule has 1 aromatic heterocycles. The zero-order valence-corrected chi connectivity index (χ0v) is 8.10. The average Bonchev–Trinajstić information content (AvgIpc) is 2.59. The van der Waals surface area contributed by atoms with E-state index in [1.54, 1.807) is 0 Å². The first-order valence-electron chi connectivity index (χ1n) is 4.35. The molecule has 68 valence electrons. The second-order valence-electron chi connectivity index (χ2n) is 3.17. The van der Waals surface area contributed by atoms with E-state index < -0.39 is 0 Å². The van der Waals surface area contributed by atoms with Gasteiger partial charge in [-0.25, -0.2) is 0 Å². The van der Waals surface area contributed by atoms with E-state index in [4.69, 9.17) is 16.6 Å². The lowest BCUT2D eigenvalue weighted by atomic mass is 10.1. The monoisotopic (exact) mass is 201 g/mol. The summed E-state index contributed by atoms with van der Waals surface area (Å²) in [4.78, 5) is 3.48. The lowest BCUT2D eigenvalue weighted by Crippen LogP contribution is -1.73. The number of hydrogen-bond acceptors (Lipinski definition) is 2. The van der Waals surface area contributed by atoms with Crippen LogP contribution in [-0.2, 0) is 0 Å². The molecule has 3 rings (SSSR count). The van der Waals surface area contributed by atoms with Crippen LogP contribution in [0.2, 0.25) is 0 Å². The predicted octanol–water partition coefficient (Wildman–Crippen LogP) is 3.64. The van der Waals surface area contributed by atoms with E-state index in [0.717, 1.165) is 16.5 Å². The fraction of sp³-hybridized carbons (Fsp3) is 0. The number of aromatic nitrogens is 1. The molecule has 0 aliphatic rings. The maximum Gasteiger partial charge on any atom is 0.266 e. The van der Waals surface area contributed by atoms with Crippen LogP contribution in [0.5, 0.6) is 0 Å². The quantitative estimate of drug-likeness (QED) is 0.562. The van der Waals surface area contributed by atoms with Gasteiger partial charge in [-0.1, -0.05) is 30.3 Å². The number of rotatable bonds is 0. The van der Waals surface area contributed by atoms with Crippen LogP contribution in [0.25, 0.3) is 21.9 Å². The highest BCUT2D eigenvalue weighted by atomic mass is 32.1. The summed E-state index contributed by atoms with van der Waals surface area (Å²) in [5.74, 6) is 0. The van der Waals surface area contributed by atoms with Crippen molar-refractivity contribution in [3.05, 3.63) is 41.2 Å². The van der Waals surface area contributed by atoms with Crippen LogP contribution in [0.15, 0.2) is 40.8 Å². The number of oxazole rings is 1. The van der Waals surface area contributed by atoms with Crippen molar-refractivity contribution in [3.8, 4) is 0 Å². The number of H-pyrrole nitrogens is 1. The molecule has 0 atom stereocenters. The van der Waals surface area contributed by atoms with Crippen molar-refractivity contribution < 1.29 is 4.42 Å². The van der Waals surface area contributed by atoms with Gasteiger partial charge in [0.25, 0.3) is 4.84 Å². The van der Waals surface area contributed by atoms with E-state index in [2.05, 4.69) is 17.1 Å². The Balaban J connectivity index is 2.66. The number of aromatic amines is 1. The summed E-state index contributed by atoms with van der Waals surface area (Å²) >= 11 is 4.95. The minimum absolute atomic E-state index is 0.427. The number of fused-ring (bicyclic) bond motifs is 3. The van der Waals surface area contributed by atoms with E-state index in [1.165, 1.54) is 5.39 Å².